The molecule has 0 amide bonds. The second kappa shape index (κ2) is 7.26. The van der Waals surface area contributed by atoms with Gasteiger partial charge in [0.25, 0.3) is 0 Å². The van der Waals surface area contributed by atoms with Gasteiger partial charge in [-0.05, 0) is 32.9 Å². The van der Waals surface area contributed by atoms with Crippen LogP contribution in [0.15, 0.2) is 53.5 Å². The first-order valence-electron chi connectivity index (χ1n) is 7.86. The second-order valence-corrected chi connectivity index (χ2v) is 5.95. The van der Waals surface area contributed by atoms with E-state index in [1.54, 1.807) is 12.3 Å². The van der Waals surface area contributed by atoms with Crippen LogP contribution in [0.4, 0.5) is 4.39 Å². The van der Waals surface area contributed by atoms with E-state index in [4.69, 9.17) is 0 Å². The highest BCUT2D eigenvalue weighted by molar-refractivity contribution is 5.75. The third kappa shape index (κ3) is 3.62. The van der Waals surface area contributed by atoms with Crippen LogP contribution in [0.2, 0.25) is 0 Å². The van der Waals surface area contributed by atoms with Gasteiger partial charge in [0, 0.05) is 33.5 Å². The molecule has 3 heteroatoms. The van der Waals surface area contributed by atoms with Crippen LogP contribution in [0.3, 0.4) is 0 Å². The molecule has 1 aliphatic rings. The van der Waals surface area contributed by atoms with E-state index in [0.29, 0.717) is 0 Å². The van der Waals surface area contributed by atoms with Gasteiger partial charge in [-0.1, -0.05) is 55.2 Å². The fourth-order valence-electron chi connectivity index (χ4n) is 2.54. The number of nitrogens with one attached hydrogen (secondary N) is 1. The quantitative estimate of drug-likeness (QED) is 0.801. The van der Waals surface area contributed by atoms with E-state index in [1.165, 1.54) is 6.08 Å². The fourth-order valence-corrected chi connectivity index (χ4v) is 2.54. The number of halogens is 1. The average molecular weight is 322 g/mol. The van der Waals surface area contributed by atoms with Crippen LogP contribution in [0.5, 0.6) is 0 Å². The summed E-state index contributed by atoms with van der Waals surface area (Å²) in [5, 5.41) is 1.84. The van der Waals surface area contributed by atoms with Crippen LogP contribution >= 0.6 is 0 Å². The molecule has 2 nitrogen and oxygen atoms in total. The lowest BCUT2D eigenvalue weighted by molar-refractivity contribution is 0.626. The number of hydrogen-bond acceptors (Lipinski definition) is 1. The van der Waals surface area contributed by atoms with Crippen molar-refractivity contribution in [2.24, 2.45) is 10.4 Å². The summed E-state index contributed by atoms with van der Waals surface area (Å²) in [7, 11) is 0. The number of hydrogen-bond donors (Lipinski definition) is 1. The fraction of sp³-hybridized carbons (Fsp3) is 0.190. The Morgan fingerprint density at radius 2 is 2.17 bits per heavy atom. The predicted molar refractivity (Wildman–Crippen MR) is 104 cm³/mol. The molecule has 1 unspecified atom stereocenters. The first-order valence-corrected chi connectivity index (χ1v) is 7.86. The normalized spacial score (nSPS) is 22.1. The molecular weight excluding hydrogens is 299 g/mol. The van der Waals surface area contributed by atoms with Crippen molar-refractivity contribution in [3.8, 4) is 0 Å². The van der Waals surface area contributed by atoms with Crippen LogP contribution < -0.4 is 10.6 Å². The second-order valence-electron chi connectivity index (χ2n) is 5.95. The zero-order valence-corrected chi connectivity index (χ0v) is 14.4. The van der Waals surface area contributed by atoms with E-state index >= 15 is 0 Å². The molecule has 2 heterocycles. The van der Waals surface area contributed by atoms with Gasteiger partial charge in [0.15, 0.2) is 0 Å². The molecule has 0 saturated carbocycles. The lowest BCUT2D eigenvalue weighted by Gasteiger charge is -2.21. The zero-order chi connectivity index (χ0) is 17.7. The average Bonchev–Trinajstić information content (AvgIpc) is 2.73. The van der Waals surface area contributed by atoms with Crippen molar-refractivity contribution in [2.75, 3.05) is 0 Å². The van der Waals surface area contributed by atoms with Crippen molar-refractivity contribution in [2.45, 2.75) is 20.8 Å². The van der Waals surface area contributed by atoms with Gasteiger partial charge in [0.2, 0.25) is 5.95 Å². The Morgan fingerprint density at radius 3 is 2.83 bits per heavy atom. The molecule has 0 aliphatic carbocycles. The van der Waals surface area contributed by atoms with Gasteiger partial charge < -0.3 is 4.98 Å². The minimum Gasteiger partial charge on any atom is -0.355 e. The minimum absolute atomic E-state index is 0.432. The SMILES string of the molecule is C=Cc1c(/C=C\C)[nH]c(=C)/c1=C\C=C(/C)C1(C)C=CC=C(F)N=C1. The number of aromatic amines is 1. The summed E-state index contributed by atoms with van der Waals surface area (Å²) in [6.45, 7) is 13.9. The van der Waals surface area contributed by atoms with E-state index < -0.39 is 11.4 Å². The summed E-state index contributed by atoms with van der Waals surface area (Å²) >= 11 is 0. The molecule has 124 valence electrons. The molecule has 0 aromatic carbocycles. The summed E-state index contributed by atoms with van der Waals surface area (Å²) < 4.78 is 13.3. The van der Waals surface area contributed by atoms with Gasteiger partial charge in [0.05, 0.1) is 0 Å². The van der Waals surface area contributed by atoms with E-state index in [2.05, 4.69) is 23.1 Å². The van der Waals surface area contributed by atoms with Gasteiger partial charge in [-0.25, -0.2) is 4.99 Å². The Labute approximate surface area is 142 Å². The molecule has 0 fully saturated rings. The van der Waals surface area contributed by atoms with Crippen molar-refractivity contribution in [1.29, 1.82) is 0 Å². The molecule has 1 aromatic rings. The standard InChI is InChI=1S/C21H23FN2/c1-6-9-19-17(7-2)18(16(4)24-19)12-11-15(3)21(5)13-8-10-20(22)23-14-21/h6-14,24H,2,4H2,1,3,5H3/b9-6-,15-11+,18-12+. The number of allylic oxidation sites excluding steroid dienone is 6. The molecule has 1 N–H and O–H groups in total. The largest absolute Gasteiger partial charge is 0.355 e. The van der Waals surface area contributed by atoms with E-state index in [1.807, 2.05) is 57.2 Å². The lowest BCUT2D eigenvalue weighted by atomic mass is 9.83. The molecule has 1 aromatic heterocycles. The molecular formula is C21H23FN2. The van der Waals surface area contributed by atoms with Crippen molar-refractivity contribution >= 4 is 31.0 Å². The molecule has 24 heavy (non-hydrogen) atoms. The van der Waals surface area contributed by atoms with Crippen LogP contribution in [-0.2, 0) is 0 Å². The number of aromatic nitrogens is 1. The van der Waals surface area contributed by atoms with Crippen molar-refractivity contribution in [3.63, 3.8) is 0 Å². The summed E-state index contributed by atoms with van der Waals surface area (Å²) in [5.74, 6) is -0.484. The maximum atomic E-state index is 13.3. The van der Waals surface area contributed by atoms with E-state index in [0.717, 1.165) is 27.4 Å². The monoisotopic (exact) mass is 322 g/mol. The molecule has 0 spiro atoms. The zero-order valence-electron chi connectivity index (χ0n) is 14.4. The van der Waals surface area contributed by atoms with Crippen LogP contribution in [0.25, 0.3) is 24.8 Å². The van der Waals surface area contributed by atoms with E-state index in [9.17, 15) is 4.39 Å². The summed E-state index contributed by atoms with van der Waals surface area (Å²) in [5.41, 5.74) is 2.63. The maximum Gasteiger partial charge on any atom is 0.212 e. The number of aliphatic imine (C=N–C) groups is 1. The topological polar surface area (TPSA) is 28.1 Å². The molecule has 1 atom stereocenters. The van der Waals surface area contributed by atoms with Crippen LogP contribution in [-0.4, -0.2) is 11.2 Å². The Morgan fingerprint density at radius 1 is 1.42 bits per heavy atom. The van der Waals surface area contributed by atoms with Gasteiger partial charge in [-0.15, -0.1) is 0 Å². The molecule has 2 rings (SSSR count). The predicted octanol–water partition coefficient (Wildman–Crippen LogP) is 4.29. The molecule has 0 saturated heterocycles. The minimum atomic E-state index is -0.484. The van der Waals surface area contributed by atoms with E-state index in [-0.39, 0.29) is 0 Å². The summed E-state index contributed by atoms with van der Waals surface area (Å²) in [6.07, 6.45) is 16.4. The lowest BCUT2D eigenvalue weighted by Crippen LogP contribution is -2.22. The molecule has 0 bridgehead atoms. The van der Waals surface area contributed by atoms with Gasteiger partial charge in [-0.2, -0.15) is 4.39 Å². The number of H-pyrrole nitrogens is 1. The smallest absolute Gasteiger partial charge is 0.212 e. The highest BCUT2D eigenvalue weighted by Gasteiger charge is 2.21. The third-order valence-corrected chi connectivity index (χ3v) is 4.21. The first-order chi connectivity index (χ1) is 11.4. The number of rotatable bonds is 4. The molecule has 0 radical (unpaired) electrons. The first kappa shape index (κ1) is 17.7. The van der Waals surface area contributed by atoms with Crippen molar-refractivity contribution in [1.82, 2.24) is 4.98 Å². The van der Waals surface area contributed by atoms with Crippen LogP contribution in [0, 0.1) is 5.41 Å². The Balaban J connectivity index is 2.50. The van der Waals surface area contributed by atoms with Crippen molar-refractivity contribution < 1.29 is 4.39 Å². The molecule has 1 aliphatic heterocycles. The maximum absolute atomic E-state index is 13.3. The summed E-state index contributed by atoms with van der Waals surface area (Å²) in [4.78, 5) is 7.11. The third-order valence-electron chi connectivity index (χ3n) is 4.21. The van der Waals surface area contributed by atoms with Gasteiger partial charge >= 0.3 is 0 Å². The Hall–Kier alpha value is -2.68. The summed E-state index contributed by atoms with van der Waals surface area (Å²) in [6, 6.07) is 0. The highest BCUT2D eigenvalue weighted by atomic mass is 19.1. The van der Waals surface area contributed by atoms with Gasteiger partial charge in [-0.3, -0.25) is 0 Å². The Bertz CT molecular complexity index is 891. The van der Waals surface area contributed by atoms with Crippen molar-refractivity contribution in [3.05, 3.63) is 70.3 Å². The Kier molecular flexibility index (Phi) is 5.35. The van der Waals surface area contributed by atoms with Crippen LogP contribution in [0.1, 0.15) is 32.0 Å². The number of nitrogens with zero attached hydrogens (tertiary/aromatic N) is 1. The highest BCUT2D eigenvalue weighted by Crippen LogP contribution is 2.28. The van der Waals surface area contributed by atoms with Gasteiger partial charge in [0.1, 0.15) is 0 Å².